The zero-order valence-corrected chi connectivity index (χ0v) is 17.3. The third-order valence-corrected chi connectivity index (χ3v) is 6.42. The van der Waals surface area contributed by atoms with Crippen LogP contribution in [-0.4, -0.2) is 40.1 Å². The smallest absolute Gasteiger partial charge is 0.307 e. The molecule has 0 spiro atoms. The van der Waals surface area contributed by atoms with E-state index in [4.69, 9.17) is 4.74 Å². The summed E-state index contributed by atoms with van der Waals surface area (Å²) >= 11 is 0. The van der Waals surface area contributed by atoms with Crippen LogP contribution in [0, 0.1) is 11.8 Å². The molecule has 1 saturated heterocycles. The van der Waals surface area contributed by atoms with Crippen LogP contribution in [0.5, 0.6) is 0 Å². The number of carboxylic acid groups (broad SMARTS) is 1. The van der Waals surface area contributed by atoms with Gasteiger partial charge in [0.2, 0.25) is 5.91 Å². The summed E-state index contributed by atoms with van der Waals surface area (Å²) in [6.45, 7) is 6.82. The summed E-state index contributed by atoms with van der Waals surface area (Å²) in [5.41, 5.74) is 0.805. The number of nitrogens with zero attached hydrogens (tertiary/aromatic N) is 1. The summed E-state index contributed by atoms with van der Waals surface area (Å²) in [5, 5.41) is 9.70. The van der Waals surface area contributed by atoms with Crippen molar-refractivity contribution in [2.45, 2.75) is 77.0 Å². The van der Waals surface area contributed by atoms with Gasteiger partial charge in [0.25, 0.3) is 0 Å². The van der Waals surface area contributed by atoms with Crippen molar-refractivity contribution >= 4 is 11.9 Å². The highest BCUT2D eigenvalue weighted by Crippen LogP contribution is 2.38. The zero-order chi connectivity index (χ0) is 20.3. The largest absolute Gasteiger partial charge is 0.481 e. The van der Waals surface area contributed by atoms with E-state index in [1.54, 1.807) is 0 Å². The highest BCUT2D eigenvalue weighted by molar-refractivity contribution is 5.85. The quantitative estimate of drug-likeness (QED) is 0.812. The fourth-order valence-corrected chi connectivity index (χ4v) is 4.93. The van der Waals surface area contributed by atoms with Crippen molar-refractivity contribution in [2.24, 2.45) is 11.8 Å². The molecule has 0 unspecified atom stereocenters. The Balaban J connectivity index is 1.93. The molecule has 0 radical (unpaired) electrons. The number of hydrogen-bond acceptors (Lipinski definition) is 3. The van der Waals surface area contributed by atoms with Crippen LogP contribution >= 0.6 is 0 Å². The summed E-state index contributed by atoms with van der Waals surface area (Å²) in [4.78, 5) is 27.6. The second-order valence-electron chi connectivity index (χ2n) is 8.92. The Morgan fingerprint density at radius 3 is 2.36 bits per heavy atom. The molecule has 1 aromatic rings. The minimum Gasteiger partial charge on any atom is -0.481 e. The predicted molar refractivity (Wildman–Crippen MR) is 108 cm³/mol. The van der Waals surface area contributed by atoms with E-state index < -0.39 is 17.8 Å². The van der Waals surface area contributed by atoms with Crippen LogP contribution in [0.25, 0.3) is 0 Å². The maximum atomic E-state index is 13.8. The molecule has 1 saturated carbocycles. The molecule has 1 N–H and O–H groups in total. The summed E-state index contributed by atoms with van der Waals surface area (Å²) in [6.07, 6.45) is 4.63. The highest BCUT2D eigenvalue weighted by Gasteiger charge is 2.43. The Hall–Kier alpha value is -1.88. The molecule has 5 heteroatoms. The Morgan fingerprint density at radius 1 is 1.11 bits per heavy atom. The Kier molecular flexibility index (Phi) is 6.43. The molecule has 4 atom stereocenters. The third kappa shape index (κ3) is 4.57. The van der Waals surface area contributed by atoms with Gasteiger partial charge in [0, 0.05) is 12.6 Å². The molecule has 1 amide bonds. The molecule has 0 aromatic heterocycles. The molecule has 1 aliphatic carbocycles. The van der Waals surface area contributed by atoms with Crippen LogP contribution in [0.1, 0.15) is 70.9 Å². The summed E-state index contributed by atoms with van der Waals surface area (Å²) in [5.74, 6) is -1.83. The van der Waals surface area contributed by atoms with E-state index in [2.05, 4.69) is 20.8 Å². The Bertz CT molecular complexity index is 687. The van der Waals surface area contributed by atoms with Crippen LogP contribution in [0.2, 0.25) is 0 Å². The standard InChI is InChI=1S/C23H33NO4/c1-16(17-9-5-4-6-10-17)24(18-13-14-28-23(2,3)15-18)21(25)19-11-7-8-12-20(19)22(26)27/h4-6,9-10,16,18-20H,7-8,11-15H2,1-3H3,(H,26,27)/t16-,18-,19-,20+/m1/s1. The normalized spacial score (nSPS) is 28.3. The van der Waals surface area contributed by atoms with Gasteiger partial charge in [-0.25, -0.2) is 0 Å². The van der Waals surface area contributed by atoms with Gasteiger partial charge in [0.05, 0.1) is 23.5 Å². The van der Waals surface area contributed by atoms with Crippen LogP contribution in [0.15, 0.2) is 30.3 Å². The van der Waals surface area contributed by atoms with Crippen LogP contribution in [0.4, 0.5) is 0 Å². The fourth-order valence-electron chi connectivity index (χ4n) is 4.93. The van der Waals surface area contributed by atoms with E-state index >= 15 is 0 Å². The summed E-state index contributed by atoms with van der Waals surface area (Å²) < 4.78 is 5.88. The van der Waals surface area contributed by atoms with E-state index in [0.29, 0.717) is 19.4 Å². The van der Waals surface area contributed by atoms with Gasteiger partial charge in [0.15, 0.2) is 0 Å². The number of benzene rings is 1. The molecule has 28 heavy (non-hydrogen) atoms. The maximum absolute atomic E-state index is 13.8. The number of carbonyl (C=O) groups excluding carboxylic acids is 1. The van der Waals surface area contributed by atoms with E-state index in [9.17, 15) is 14.7 Å². The first-order valence-electron chi connectivity index (χ1n) is 10.5. The second kappa shape index (κ2) is 8.64. The SMILES string of the molecule is C[C@H](c1ccccc1)N(C(=O)[C@@H]1CCCC[C@@H]1C(=O)O)[C@@H]1CCOC(C)(C)C1. The number of ether oxygens (including phenoxy) is 1. The maximum Gasteiger partial charge on any atom is 0.307 e. The summed E-state index contributed by atoms with van der Waals surface area (Å²) in [6, 6.07) is 10.0. The van der Waals surface area contributed by atoms with E-state index in [1.807, 2.05) is 35.2 Å². The third-order valence-electron chi connectivity index (χ3n) is 6.42. The average molecular weight is 388 g/mol. The Labute approximate surface area is 168 Å². The van der Waals surface area contributed by atoms with Crippen LogP contribution in [-0.2, 0) is 14.3 Å². The highest BCUT2D eigenvalue weighted by atomic mass is 16.5. The van der Waals surface area contributed by atoms with Crippen molar-refractivity contribution in [3.63, 3.8) is 0 Å². The minimum absolute atomic E-state index is 0.00570. The molecule has 0 bridgehead atoms. The average Bonchev–Trinajstić information content (AvgIpc) is 2.68. The molecule has 2 fully saturated rings. The number of aliphatic carboxylic acids is 1. The van der Waals surface area contributed by atoms with Gasteiger partial charge in [-0.05, 0) is 52.0 Å². The van der Waals surface area contributed by atoms with Gasteiger partial charge in [-0.3, -0.25) is 9.59 Å². The van der Waals surface area contributed by atoms with Gasteiger partial charge in [-0.1, -0.05) is 43.2 Å². The lowest BCUT2D eigenvalue weighted by molar-refractivity contribution is -0.158. The van der Waals surface area contributed by atoms with Gasteiger partial charge in [0.1, 0.15) is 0 Å². The number of carbonyl (C=O) groups is 2. The van der Waals surface area contributed by atoms with Crippen molar-refractivity contribution in [2.75, 3.05) is 6.61 Å². The van der Waals surface area contributed by atoms with Crippen molar-refractivity contribution in [1.82, 2.24) is 4.90 Å². The van der Waals surface area contributed by atoms with Gasteiger partial charge in [-0.2, -0.15) is 0 Å². The van der Waals surface area contributed by atoms with Crippen LogP contribution in [0.3, 0.4) is 0 Å². The lowest BCUT2D eigenvalue weighted by Crippen LogP contribution is -2.52. The predicted octanol–water partition coefficient (Wildman–Crippen LogP) is 4.42. The molecule has 2 aliphatic rings. The lowest BCUT2D eigenvalue weighted by Gasteiger charge is -2.46. The van der Waals surface area contributed by atoms with Crippen LogP contribution < -0.4 is 0 Å². The second-order valence-corrected chi connectivity index (χ2v) is 8.92. The first-order chi connectivity index (χ1) is 13.3. The molecular weight excluding hydrogens is 354 g/mol. The molecular formula is C23H33NO4. The first kappa shape index (κ1) is 20.8. The van der Waals surface area contributed by atoms with Gasteiger partial charge >= 0.3 is 5.97 Å². The van der Waals surface area contributed by atoms with Crippen molar-refractivity contribution < 1.29 is 19.4 Å². The molecule has 3 rings (SSSR count). The topological polar surface area (TPSA) is 66.8 Å². The van der Waals surface area contributed by atoms with E-state index in [-0.39, 0.29) is 23.6 Å². The molecule has 1 aliphatic heterocycles. The zero-order valence-electron chi connectivity index (χ0n) is 17.3. The minimum atomic E-state index is -0.835. The Morgan fingerprint density at radius 2 is 1.75 bits per heavy atom. The van der Waals surface area contributed by atoms with E-state index in [1.165, 1.54) is 0 Å². The monoisotopic (exact) mass is 387 g/mol. The number of carboxylic acids is 1. The number of rotatable bonds is 5. The first-order valence-corrected chi connectivity index (χ1v) is 10.5. The van der Waals surface area contributed by atoms with Gasteiger partial charge < -0.3 is 14.7 Å². The molecule has 5 nitrogen and oxygen atoms in total. The van der Waals surface area contributed by atoms with E-state index in [0.717, 1.165) is 31.2 Å². The fraction of sp³-hybridized carbons (Fsp3) is 0.652. The van der Waals surface area contributed by atoms with Crippen molar-refractivity contribution in [3.8, 4) is 0 Å². The van der Waals surface area contributed by atoms with Crippen molar-refractivity contribution in [3.05, 3.63) is 35.9 Å². The van der Waals surface area contributed by atoms with Gasteiger partial charge in [-0.15, -0.1) is 0 Å². The molecule has 154 valence electrons. The molecule has 1 aromatic carbocycles. The lowest BCUT2D eigenvalue weighted by atomic mass is 9.77. The summed E-state index contributed by atoms with van der Waals surface area (Å²) in [7, 11) is 0. The number of hydrogen-bond donors (Lipinski definition) is 1. The number of amides is 1. The van der Waals surface area contributed by atoms with Crippen molar-refractivity contribution in [1.29, 1.82) is 0 Å². The molecule has 1 heterocycles.